The smallest absolute Gasteiger partial charge is 0.254 e. The molecule has 4 nitrogen and oxygen atoms in total. The van der Waals surface area contributed by atoms with Crippen LogP contribution in [0, 0.1) is 12.8 Å². The largest absolute Gasteiger partial charge is 0.352 e. The highest BCUT2D eigenvalue weighted by Gasteiger charge is 2.57. The number of fused-ring (bicyclic) bond motifs is 2. The topological polar surface area (TPSA) is 57.8 Å². The van der Waals surface area contributed by atoms with Gasteiger partial charge in [0.1, 0.15) is 0 Å². The summed E-state index contributed by atoms with van der Waals surface area (Å²) < 4.78 is 0. The Bertz CT molecular complexity index is 706. The van der Waals surface area contributed by atoms with Crippen molar-refractivity contribution in [2.75, 3.05) is 6.54 Å². The van der Waals surface area contributed by atoms with E-state index in [-0.39, 0.29) is 5.91 Å². The van der Waals surface area contributed by atoms with Crippen molar-refractivity contribution in [2.24, 2.45) is 5.92 Å². The van der Waals surface area contributed by atoms with Crippen LogP contribution < -0.4 is 5.32 Å². The third kappa shape index (κ3) is 1.89. The minimum Gasteiger partial charge on any atom is -0.352 e. The number of aryl methyl sites for hydroxylation is 2. The second-order valence-corrected chi connectivity index (χ2v) is 6.33. The molecule has 0 radical (unpaired) electrons. The van der Waals surface area contributed by atoms with Gasteiger partial charge in [0, 0.05) is 17.7 Å². The molecular formula is C17H19N3O. The van der Waals surface area contributed by atoms with Gasteiger partial charge in [0.25, 0.3) is 5.91 Å². The molecular weight excluding hydrogens is 262 g/mol. The molecule has 1 fully saturated rings. The Morgan fingerprint density at radius 3 is 3.14 bits per heavy atom. The molecule has 1 aromatic carbocycles. The fourth-order valence-electron chi connectivity index (χ4n) is 3.89. The van der Waals surface area contributed by atoms with Gasteiger partial charge in [0.15, 0.2) is 0 Å². The Kier molecular flexibility index (Phi) is 2.67. The van der Waals surface area contributed by atoms with Gasteiger partial charge in [-0.25, -0.2) is 0 Å². The normalized spacial score (nSPS) is 25.9. The first-order chi connectivity index (χ1) is 10.2. The van der Waals surface area contributed by atoms with Crippen LogP contribution in [0.15, 0.2) is 30.5 Å². The summed E-state index contributed by atoms with van der Waals surface area (Å²) >= 11 is 0. The molecule has 4 heteroatoms. The number of aromatic amines is 1. The molecule has 1 amide bonds. The third-order valence-electron chi connectivity index (χ3n) is 5.21. The number of hydrogen-bond acceptors (Lipinski definition) is 2. The fourth-order valence-corrected chi connectivity index (χ4v) is 3.89. The van der Waals surface area contributed by atoms with Crippen molar-refractivity contribution in [1.82, 2.24) is 15.5 Å². The number of H-pyrrole nitrogens is 1. The molecule has 0 aliphatic heterocycles. The predicted molar refractivity (Wildman–Crippen MR) is 80.2 cm³/mol. The van der Waals surface area contributed by atoms with Crippen LogP contribution in [0.1, 0.15) is 40.0 Å². The quantitative estimate of drug-likeness (QED) is 0.907. The van der Waals surface area contributed by atoms with Crippen molar-refractivity contribution in [3.63, 3.8) is 0 Å². The van der Waals surface area contributed by atoms with Gasteiger partial charge in [0.2, 0.25) is 0 Å². The summed E-state index contributed by atoms with van der Waals surface area (Å²) in [5, 5.41) is 9.77. The summed E-state index contributed by atoms with van der Waals surface area (Å²) in [4.78, 5) is 12.1. The number of carbonyl (C=O) groups excluding carboxylic acids is 1. The zero-order valence-electron chi connectivity index (χ0n) is 12.1. The summed E-state index contributed by atoms with van der Waals surface area (Å²) in [5.74, 6) is 0.562. The molecule has 4 rings (SSSR count). The van der Waals surface area contributed by atoms with Crippen molar-refractivity contribution in [2.45, 2.75) is 31.6 Å². The molecule has 0 unspecified atom stereocenters. The van der Waals surface area contributed by atoms with Gasteiger partial charge < -0.3 is 5.32 Å². The first kappa shape index (κ1) is 12.6. The minimum atomic E-state index is -0.0189. The molecule has 2 aliphatic carbocycles. The maximum Gasteiger partial charge on any atom is 0.254 e. The summed E-state index contributed by atoms with van der Waals surface area (Å²) in [7, 11) is 0. The van der Waals surface area contributed by atoms with E-state index in [1.807, 2.05) is 6.92 Å². The average Bonchev–Trinajstić information content (AvgIpc) is 2.82. The van der Waals surface area contributed by atoms with Crippen molar-refractivity contribution < 1.29 is 4.79 Å². The molecule has 2 aromatic rings. The zero-order valence-corrected chi connectivity index (χ0v) is 12.1. The number of carbonyl (C=O) groups is 1. The van der Waals surface area contributed by atoms with Gasteiger partial charge in [-0.15, -0.1) is 0 Å². The maximum absolute atomic E-state index is 12.1. The maximum atomic E-state index is 12.1. The van der Waals surface area contributed by atoms with Crippen LogP contribution in [0.2, 0.25) is 0 Å². The van der Waals surface area contributed by atoms with Gasteiger partial charge in [-0.1, -0.05) is 24.3 Å². The van der Waals surface area contributed by atoms with E-state index in [1.54, 1.807) is 6.20 Å². The number of aromatic nitrogens is 2. The van der Waals surface area contributed by atoms with Crippen LogP contribution in [0.5, 0.6) is 0 Å². The van der Waals surface area contributed by atoms with E-state index >= 15 is 0 Å². The third-order valence-corrected chi connectivity index (χ3v) is 5.21. The highest BCUT2D eigenvalue weighted by molar-refractivity contribution is 5.94. The number of nitrogens with one attached hydrogen (secondary N) is 2. The summed E-state index contributed by atoms with van der Waals surface area (Å²) in [5.41, 5.74) is 4.83. The number of rotatable bonds is 3. The van der Waals surface area contributed by atoms with Gasteiger partial charge in [-0.2, -0.15) is 5.10 Å². The number of hydrogen-bond donors (Lipinski definition) is 2. The van der Waals surface area contributed by atoms with Crippen LogP contribution in [0.3, 0.4) is 0 Å². The van der Waals surface area contributed by atoms with E-state index < -0.39 is 0 Å². The fraction of sp³-hybridized carbons (Fsp3) is 0.412. The predicted octanol–water partition coefficient (Wildman–Crippen LogP) is 2.35. The van der Waals surface area contributed by atoms with Crippen LogP contribution in [0.4, 0.5) is 0 Å². The van der Waals surface area contributed by atoms with E-state index in [9.17, 15) is 4.79 Å². The summed E-state index contributed by atoms with van der Waals surface area (Å²) in [6.07, 6.45) is 5.21. The lowest BCUT2D eigenvalue weighted by Crippen LogP contribution is -2.27. The molecule has 0 bridgehead atoms. The molecule has 21 heavy (non-hydrogen) atoms. The number of amides is 1. The van der Waals surface area contributed by atoms with E-state index in [1.165, 1.54) is 30.4 Å². The number of benzene rings is 1. The van der Waals surface area contributed by atoms with Crippen molar-refractivity contribution in [3.05, 3.63) is 52.8 Å². The lowest BCUT2D eigenvalue weighted by atomic mass is 9.95. The van der Waals surface area contributed by atoms with Gasteiger partial charge in [-0.05, 0) is 43.2 Å². The molecule has 1 aromatic heterocycles. The molecule has 2 atom stereocenters. The Labute approximate surface area is 124 Å². The van der Waals surface area contributed by atoms with Crippen molar-refractivity contribution in [1.29, 1.82) is 0 Å². The van der Waals surface area contributed by atoms with Crippen LogP contribution in [-0.2, 0) is 11.8 Å². The van der Waals surface area contributed by atoms with Crippen LogP contribution in [0.25, 0.3) is 0 Å². The Balaban J connectivity index is 1.43. The minimum absolute atomic E-state index is 0.0189. The zero-order chi connectivity index (χ0) is 14.4. The number of nitrogens with zero attached hydrogens (tertiary/aromatic N) is 1. The summed E-state index contributed by atoms with van der Waals surface area (Å²) in [6.45, 7) is 2.63. The van der Waals surface area contributed by atoms with Gasteiger partial charge in [-0.3, -0.25) is 9.89 Å². The first-order valence-corrected chi connectivity index (χ1v) is 7.57. The first-order valence-electron chi connectivity index (χ1n) is 7.57. The van der Waals surface area contributed by atoms with Gasteiger partial charge in [0.05, 0.1) is 11.8 Å². The second kappa shape index (κ2) is 4.45. The Morgan fingerprint density at radius 2 is 2.33 bits per heavy atom. The highest BCUT2D eigenvalue weighted by atomic mass is 16.1. The molecule has 1 spiro atoms. The second-order valence-electron chi connectivity index (χ2n) is 6.33. The SMILES string of the molecule is Cc1[nH]ncc1C(=O)NC[C@H]1C[C@]12CCc1ccccc12. The van der Waals surface area contributed by atoms with Crippen molar-refractivity contribution >= 4 is 5.91 Å². The van der Waals surface area contributed by atoms with Crippen molar-refractivity contribution in [3.8, 4) is 0 Å². The molecule has 2 aliphatic rings. The summed E-state index contributed by atoms with van der Waals surface area (Å²) in [6, 6.07) is 8.77. The molecule has 108 valence electrons. The molecule has 2 N–H and O–H groups in total. The molecule has 1 saturated carbocycles. The lowest BCUT2D eigenvalue weighted by molar-refractivity contribution is 0.0950. The van der Waals surface area contributed by atoms with E-state index in [2.05, 4.69) is 39.8 Å². The highest BCUT2D eigenvalue weighted by Crippen LogP contribution is 2.61. The van der Waals surface area contributed by atoms with Gasteiger partial charge >= 0.3 is 0 Å². The standard InChI is InChI=1S/C17H19N3O/c1-11-14(10-19-20-11)16(21)18-9-13-8-17(13)7-6-12-4-2-3-5-15(12)17/h2-5,10,13H,6-9H2,1H3,(H,18,21)(H,19,20)/t13-,17-/m1/s1. The monoisotopic (exact) mass is 281 g/mol. The van der Waals surface area contributed by atoms with Crippen LogP contribution >= 0.6 is 0 Å². The Morgan fingerprint density at radius 1 is 1.48 bits per heavy atom. The van der Waals surface area contributed by atoms with E-state index in [0.29, 0.717) is 16.9 Å². The molecule has 0 saturated heterocycles. The lowest BCUT2D eigenvalue weighted by Gasteiger charge is -2.12. The Hall–Kier alpha value is -2.10. The molecule has 1 heterocycles. The average molecular weight is 281 g/mol. The van der Waals surface area contributed by atoms with E-state index in [0.717, 1.165) is 12.2 Å². The van der Waals surface area contributed by atoms with Crippen LogP contribution in [-0.4, -0.2) is 22.6 Å². The van der Waals surface area contributed by atoms with E-state index in [4.69, 9.17) is 0 Å².